The monoisotopic (exact) mass is 317 g/mol. The molecule has 112 valence electrons. The fourth-order valence-corrected chi connectivity index (χ4v) is 3.55. The van der Waals surface area contributed by atoms with Crippen LogP contribution in [0.25, 0.3) is 0 Å². The number of nitrogens with zero attached hydrogens (tertiary/aromatic N) is 2. The van der Waals surface area contributed by atoms with Gasteiger partial charge in [-0.15, -0.1) is 23.7 Å². The normalized spacial score (nSPS) is 26.4. The second-order valence-electron chi connectivity index (χ2n) is 5.17. The number of carbonyl (C=O) groups is 1. The van der Waals surface area contributed by atoms with Gasteiger partial charge in [0.2, 0.25) is 0 Å². The lowest BCUT2D eigenvalue weighted by Gasteiger charge is -2.31. The Kier molecular flexibility index (Phi) is 5.37. The minimum Gasteiger partial charge on any atom is -0.371 e. The zero-order valence-corrected chi connectivity index (χ0v) is 13.1. The minimum absolute atomic E-state index is 0. The number of amides is 1. The van der Waals surface area contributed by atoms with Gasteiger partial charge in [-0.1, -0.05) is 0 Å². The van der Waals surface area contributed by atoms with E-state index in [9.17, 15) is 4.79 Å². The summed E-state index contributed by atoms with van der Waals surface area (Å²) < 4.78 is 5.61. The molecular weight excluding hydrogens is 298 g/mol. The van der Waals surface area contributed by atoms with Crippen molar-refractivity contribution in [3.8, 4) is 0 Å². The van der Waals surface area contributed by atoms with Crippen LogP contribution in [0.1, 0.15) is 40.5 Å². The highest BCUT2D eigenvalue weighted by Gasteiger charge is 2.26. The van der Waals surface area contributed by atoms with Gasteiger partial charge in [0.05, 0.1) is 6.20 Å². The maximum Gasteiger partial charge on any atom is 0.265 e. The zero-order chi connectivity index (χ0) is 13.2. The van der Waals surface area contributed by atoms with Crippen LogP contribution in [-0.4, -0.2) is 48.1 Å². The number of piperazine rings is 1. The van der Waals surface area contributed by atoms with Crippen molar-refractivity contribution < 1.29 is 9.53 Å². The van der Waals surface area contributed by atoms with Crippen molar-refractivity contribution >= 4 is 29.7 Å². The standard InChI is InChI=1S/C13H19N3O2S.ClH/c1-9-8-16(5-4-14-9)13(17)11-7-15-12(19-11)10-3-2-6-18-10;/h7,9-10,14H,2-6,8H2,1H3;1H/t9-,10?;/m1./s1. The fraction of sp³-hybridized carbons (Fsp3) is 0.692. The zero-order valence-electron chi connectivity index (χ0n) is 11.5. The molecule has 1 unspecified atom stereocenters. The van der Waals surface area contributed by atoms with Gasteiger partial charge in [0.25, 0.3) is 5.91 Å². The van der Waals surface area contributed by atoms with Gasteiger partial charge in [-0.3, -0.25) is 4.79 Å². The van der Waals surface area contributed by atoms with Crippen LogP contribution in [0.4, 0.5) is 0 Å². The average Bonchev–Trinajstić information content (AvgIpc) is 3.08. The van der Waals surface area contributed by atoms with Gasteiger partial charge in [0, 0.05) is 32.3 Å². The van der Waals surface area contributed by atoms with Crippen LogP contribution in [0.5, 0.6) is 0 Å². The van der Waals surface area contributed by atoms with E-state index in [0.29, 0.717) is 6.04 Å². The highest BCUT2D eigenvalue weighted by Crippen LogP contribution is 2.31. The van der Waals surface area contributed by atoms with Crippen molar-refractivity contribution in [1.82, 2.24) is 15.2 Å². The molecule has 1 aromatic rings. The van der Waals surface area contributed by atoms with Crippen molar-refractivity contribution in [2.24, 2.45) is 0 Å². The fourth-order valence-electron chi connectivity index (χ4n) is 2.58. The van der Waals surface area contributed by atoms with Crippen LogP contribution >= 0.6 is 23.7 Å². The van der Waals surface area contributed by atoms with Crippen molar-refractivity contribution in [2.75, 3.05) is 26.2 Å². The summed E-state index contributed by atoms with van der Waals surface area (Å²) >= 11 is 1.49. The highest BCUT2D eigenvalue weighted by molar-refractivity contribution is 7.13. The molecule has 2 atom stereocenters. The summed E-state index contributed by atoms with van der Waals surface area (Å²) in [6.07, 6.45) is 3.92. The molecule has 0 radical (unpaired) electrons. The number of ether oxygens (including phenoxy) is 1. The number of nitrogens with one attached hydrogen (secondary N) is 1. The summed E-state index contributed by atoms with van der Waals surface area (Å²) in [7, 11) is 0. The molecular formula is C13H20ClN3O2S. The van der Waals surface area contributed by atoms with E-state index >= 15 is 0 Å². The van der Waals surface area contributed by atoms with Crippen molar-refractivity contribution in [1.29, 1.82) is 0 Å². The molecule has 2 saturated heterocycles. The number of hydrogen-bond donors (Lipinski definition) is 1. The number of halogens is 1. The number of carbonyl (C=O) groups excluding carboxylic acids is 1. The Morgan fingerprint density at radius 1 is 1.60 bits per heavy atom. The lowest BCUT2D eigenvalue weighted by Crippen LogP contribution is -2.51. The van der Waals surface area contributed by atoms with E-state index in [0.717, 1.165) is 49.0 Å². The van der Waals surface area contributed by atoms with Crippen LogP contribution in [0.2, 0.25) is 0 Å². The van der Waals surface area contributed by atoms with Crippen LogP contribution in [0.3, 0.4) is 0 Å². The van der Waals surface area contributed by atoms with Crippen molar-refractivity contribution in [3.63, 3.8) is 0 Å². The Labute approximate surface area is 129 Å². The van der Waals surface area contributed by atoms with Gasteiger partial charge in [-0.2, -0.15) is 0 Å². The van der Waals surface area contributed by atoms with E-state index in [-0.39, 0.29) is 24.4 Å². The van der Waals surface area contributed by atoms with Gasteiger partial charge in [-0.05, 0) is 19.8 Å². The SMILES string of the molecule is C[C@@H]1CN(C(=O)c2cnc(C3CCCO3)s2)CCN1.Cl. The second kappa shape index (κ2) is 6.85. The average molecular weight is 318 g/mol. The van der Waals surface area contributed by atoms with E-state index in [4.69, 9.17) is 4.74 Å². The minimum atomic E-state index is 0. The summed E-state index contributed by atoms with van der Waals surface area (Å²) in [6.45, 7) is 5.32. The quantitative estimate of drug-likeness (QED) is 0.904. The Morgan fingerprint density at radius 3 is 3.15 bits per heavy atom. The van der Waals surface area contributed by atoms with Gasteiger partial charge in [0.1, 0.15) is 16.0 Å². The summed E-state index contributed by atoms with van der Waals surface area (Å²) in [6, 6.07) is 0.364. The Bertz CT molecular complexity index is 462. The highest BCUT2D eigenvalue weighted by atomic mass is 35.5. The van der Waals surface area contributed by atoms with Gasteiger partial charge >= 0.3 is 0 Å². The number of hydrogen-bond acceptors (Lipinski definition) is 5. The molecule has 3 rings (SSSR count). The molecule has 0 bridgehead atoms. The Balaban J connectivity index is 0.00000147. The maximum atomic E-state index is 12.4. The van der Waals surface area contributed by atoms with Crippen molar-refractivity contribution in [3.05, 3.63) is 16.1 Å². The number of aromatic nitrogens is 1. The maximum absolute atomic E-state index is 12.4. The molecule has 1 aromatic heterocycles. The summed E-state index contributed by atoms with van der Waals surface area (Å²) in [5, 5.41) is 4.29. The number of thiazole rings is 1. The lowest BCUT2D eigenvalue weighted by molar-refractivity contribution is 0.0714. The largest absolute Gasteiger partial charge is 0.371 e. The molecule has 2 fully saturated rings. The first-order chi connectivity index (χ1) is 9.24. The molecule has 0 spiro atoms. The third-order valence-electron chi connectivity index (χ3n) is 3.60. The third kappa shape index (κ3) is 3.31. The Hall–Kier alpha value is -0.690. The predicted molar refractivity (Wildman–Crippen MR) is 80.7 cm³/mol. The first-order valence-electron chi connectivity index (χ1n) is 6.84. The second-order valence-corrected chi connectivity index (χ2v) is 6.23. The number of rotatable bonds is 2. The van der Waals surface area contributed by atoms with E-state index < -0.39 is 0 Å². The van der Waals surface area contributed by atoms with Crippen LogP contribution in [0.15, 0.2) is 6.20 Å². The summed E-state index contributed by atoms with van der Waals surface area (Å²) in [5.74, 6) is 0.107. The first-order valence-corrected chi connectivity index (χ1v) is 7.65. The van der Waals surface area contributed by atoms with Gasteiger partial charge in [-0.25, -0.2) is 4.98 Å². The molecule has 0 saturated carbocycles. The van der Waals surface area contributed by atoms with Crippen LogP contribution in [-0.2, 0) is 4.74 Å². The lowest BCUT2D eigenvalue weighted by atomic mass is 10.2. The molecule has 3 heterocycles. The molecule has 5 nitrogen and oxygen atoms in total. The summed E-state index contributed by atoms with van der Waals surface area (Å²) in [4.78, 5) is 19.4. The van der Waals surface area contributed by atoms with Crippen molar-refractivity contribution in [2.45, 2.75) is 31.9 Å². The van der Waals surface area contributed by atoms with E-state index in [2.05, 4.69) is 17.2 Å². The molecule has 0 aliphatic carbocycles. The molecule has 0 aromatic carbocycles. The van der Waals surface area contributed by atoms with E-state index in [1.54, 1.807) is 6.20 Å². The van der Waals surface area contributed by atoms with E-state index in [1.807, 2.05) is 4.90 Å². The van der Waals surface area contributed by atoms with Crippen LogP contribution in [0, 0.1) is 0 Å². The molecule has 7 heteroatoms. The molecule has 1 N–H and O–H groups in total. The molecule has 2 aliphatic rings. The topological polar surface area (TPSA) is 54.5 Å². The smallest absolute Gasteiger partial charge is 0.265 e. The molecule has 20 heavy (non-hydrogen) atoms. The van der Waals surface area contributed by atoms with Gasteiger partial charge < -0.3 is 15.0 Å². The summed E-state index contributed by atoms with van der Waals surface area (Å²) in [5.41, 5.74) is 0. The van der Waals surface area contributed by atoms with Crippen LogP contribution < -0.4 is 5.32 Å². The predicted octanol–water partition coefficient (Wildman–Crippen LogP) is 1.85. The third-order valence-corrected chi connectivity index (χ3v) is 4.67. The Morgan fingerprint density at radius 2 is 2.45 bits per heavy atom. The van der Waals surface area contributed by atoms with Gasteiger partial charge in [0.15, 0.2) is 0 Å². The van der Waals surface area contributed by atoms with E-state index in [1.165, 1.54) is 11.3 Å². The molecule has 2 aliphatic heterocycles. The first kappa shape index (κ1) is 15.7. The molecule has 1 amide bonds.